The lowest BCUT2D eigenvalue weighted by molar-refractivity contribution is 0.146. The molecule has 0 bridgehead atoms. The lowest BCUT2D eigenvalue weighted by atomic mass is 9.91. The van der Waals surface area contributed by atoms with Gasteiger partial charge < -0.3 is 5.73 Å². The van der Waals surface area contributed by atoms with Gasteiger partial charge >= 0.3 is 0 Å². The lowest BCUT2D eigenvalue weighted by Gasteiger charge is -2.33. The molecule has 1 fully saturated rings. The molecule has 2 atom stereocenters. The second kappa shape index (κ2) is 4.25. The van der Waals surface area contributed by atoms with Gasteiger partial charge in [-0.15, -0.1) is 0 Å². The molecule has 19 heavy (non-hydrogen) atoms. The second-order valence-electron chi connectivity index (χ2n) is 5.69. The summed E-state index contributed by atoms with van der Waals surface area (Å²) in [6, 6.07) is 0.981. The van der Waals surface area contributed by atoms with Crippen molar-refractivity contribution < 1.29 is 0 Å². The lowest BCUT2D eigenvalue weighted by Crippen LogP contribution is -2.40. The van der Waals surface area contributed by atoms with E-state index in [1.165, 1.54) is 24.8 Å². The smallest absolute Gasteiger partial charge is 0.163 e. The molecule has 6 heteroatoms. The standard InChI is InChI=1S/C13H18N6/c14-9-2-1-3-10(4-9)18-5-11-12(6-18)17-19-8-15-7-16-13(11)19/h7-10H,1-6,14H2/t9?,10-/m0/s1. The zero-order valence-electron chi connectivity index (χ0n) is 10.9. The first-order valence-corrected chi connectivity index (χ1v) is 6.97. The van der Waals surface area contributed by atoms with E-state index < -0.39 is 0 Å². The number of hydrogen-bond acceptors (Lipinski definition) is 5. The van der Waals surface area contributed by atoms with Crippen molar-refractivity contribution in [3.8, 4) is 0 Å². The molecule has 1 unspecified atom stereocenters. The summed E-state index contributed by atoms with van der Waals surface area (Å²) in [6.07, 6.45) is 8.12. The van der Waals surface area contributed by atoms with Gasteiger partial charge in [-0.1, -0.05) is 6.42 Å². The summed E-state index contributed by atoms with van der Waals surface area (Å²) in [5.74, 6) is 0. The number of nitrogens with zero attached hydrogens (tertiary/aromatic N) is 5. The summed E-state index contributed by atoms with van der Waals surface area (Å²) in [4.78, 5) is 10.9. The van der Waals surface area contributed by atoms with Crippen molar-refractivity contribution in [2.45, 2.75) is 50.9 Å². The van der Waals surface area contributed by atoms with Crippen LogP contribution in [0.15, 0.2) is 12.7 Å². The van der Waals surface area contributed by atoms with Crippen LogP contribution in [0.2, 0.25) is 0 Å². The molecule has 3 heterocycles. The van der Waals surface area contributed by atoms with E-state index in [1.807, 2.05) is 0 Å². The summed E-state index contributed by atoms with van der Waals surface area (Å²) in [5.41, 5.74) is 9.47. The third kappa shape index (κ3) is 1.82. The van der Waals surface area contributed by atoms with Crippen LogP contribution in [0.3, 0.4) is 0 Å². The van der Waals surface area contributed by atoms with Crippen molar-refractivity contribution in [2.75, 3.05) is 0 Å². The van der Waals surface area contributed by atoms with Crippen molar-refractivity contribution in [2.24, 2.45) is 5.73 Å². The van der Waals surface area contributed by atoms with Crippen LogP contribution in [0.1, 0.15) is 36.9 Å². The van der Waals surface area contributed by atoms with Gasteiger partial charge in [-0.2, -0.15) is 5.10 Å². The van der Waals surface area contributed by atoms with E-state index in [1.54, 1.807) is 17.2 Å². The van der Waals surface area contributed by atoms with E-state index in [-0.39, 0.29) is 0 Å². The van der Waals surface area contributed by atoms with E-state index in [0.29, 0.717) is 12.1 Å². The molecule has 1 aliphatic carbocycles. The molecule has 2 aliphatic rings. The average Bonchev–Trinajstić information content (AvgIpc) is 2.96. The second-order valence-corrected chi connectivity index (χ2v) is 5.69. The van der Waals surface area contributed by atoms with Gasteiger partial charge in [-0.3, -0.25) is 4.90 Å². The highest BCUT2D eigenvalue weighted by Crippen LogP contribution is 2.31. The first-order chi connectivity index (χ1) is 9.31. The number of rotatable bonds is 1. The van der Waals surface area contributed by atoms with E-state index in [4.69, 9.17) is 5.73 Å². The van der Waals surface area contributed by atoms with Crippen molar-refractivity contribution in [1.29, 1.82) is 0 Å². The third-order valence-electron chi connectivity index (χ3n) is 4.40. The molecule has 2 aromatic heterocycles. The monoisotopic (exact) mass is 258 g/mol. The van der Waals surface area contributed by atoms with Crippen molar-refractivity contribution in [1.82, 2.24) is 24.5 Å². The SMILES string of the molecule is NC1CCC[C@H](N2Cc3nn4cncnc4c3C2)C1. The highest BCUT2D eigenvalue weighted by Gasteiger charge is 2.32. The van der Waals surface area contributed by atoms with Crippen LogP contribution in [0.25, 0.3) is 5.65 Å². The first-order valence-electron chi connectivity index (χ1n) is 6.97. The maximum atomic E-state index is 6.10. The first kappa shape index (κ1) is 11.3. The number of hydrogen-bond donors (Lipinski definition) is 1. The van der Waals surface area contributed by atoms with Gasteiger partial charge in [-0.25, -0.2) is 14.5 Å². The maximum Gasteiger partial charge on any atom is 0.163 e. The van der Waals surface area contributed by atoms with Crippen LogP contribution in [-0.2, 0) is 13.1 Å². The highest BCUT2D eigenvalue weighted by molar-refractivity contribution is 5.50. The third-order valence-corrected chi connectivity index (χ3v) is 4.40. The van der Waals surface area contributed by atoms with Crippen LogP contribution in [-0.4, -0.2) is 36.6 Å². The molecule has 0 saturated heterocycles. The van der Waals surface area contributed by atoms with Gasteiger partial charge in [0, 0.05) is 30.7 Å². The minimum Gasteiger partial charge on any atom is -0.328 e. The number of nitrogens with two attached hydrogens (primary N) is 1. The molecule has 0 radical (unpaired) electrons. The summed E-state index contributed by atoms with van der Waals surface area (Å²) in [7, 11) is 0. The largest absolute Gasteiger partial charge is 0.328 e. The van der Waals surface area contributed by atoms with Crippen LogP contribution in [0, 0.1) is 0 Å². The zero-order chi connectivity index (χ0) is 12.8. The minimum absolute atomic E-state index is 0.370. The minimum atomic E-state index is 0.370. The van der Waals surface area contributed by atoms with E-state index in [0.717, 1.165) is 30.9 Å². The van der Waals surface area contributed by atoms with Gasteiger partial charge in [0.1, 0.15) is 12.7 Å². The average molecular weight is 258 g/mol. The van der Waals surface area contributed by atoms with E-state index in [2.05, 4.69) is 20.0 Å². The van der Waals surface area contributed by atoms with E-state index >= 15 is 0 Å². The Labute approximate surface area is 111 Å². The quantitative estimate of drug-likeness (QED) is 0.815. The van der Waals surface area contributed by atoms with Gasteiger partial charge in [0.05, 0.1) is 5.69 Å². The fraction of sp³-hybridized carbons (Fsp3) is 0.615. The van der Waals surface area contributed by atoms with Gasteiger partial charge in [0.15, 0.2) is 5.65 Å². The molecule has 100 valence electrons. The van der Waals surface area contributed by atoms with Gasteiger partial charge in [-0.05, 0) is 19.3 Å². The van der Waals surface area contributed by atoms with Gasteiger partial charge in [0.25, 0.3) is 0 Å². The molecule has 2 aromatic rings. The molecule has 0 spiro atoms. The Hall–Kier alpha value is -1.53. The Morgan fingerprint density at radius 3 is 3.11 bits per heavy atom. The summed E-state index contributed by atoms with van der Waals surface area (Å²) in [5, 5.41) is 4.58. The van der Waals surface area contributed by atoms with E-state index in [9.17, 15) is 0 Å². The molecule has 1 saturated carbocycles. The zero-order valence-corrected chi connectivity index (χ0v) is 10.9. The predicted molar refractivity (Wildman–Crippen MR) is 70.3 cm³/mol. The normalized spacial score (nSPS) is 27.8. The molecule has 1 aliphatic heterocycles. The summed E-state index contributed by atoms with van der Waals surface area (Å²) < 4.78 is 1.79. The molecular weight excluding hydrogens is 240 g/mol. The molecule has 0 amide bonds. The van der Waals surface area contributed by atoms with Crippen molar-refractivity contribution >= 4 is 5.65 Å². The Kier molecular flexibility index (Phi) is 2.53. The molecular formula is C13H18N6. The van der Waals surface area contributed by atoms with Crippen LogP contribution in [0.5, 0.6) is 0 Å². The molecule has 0 aromatic carbocycles. The van der Waals surface area contributed by atoms with Crippen LogP contribution >= 0.6 is 0 Å². The fourth-order valence-corrected chi connectivity index (χ4v) is 3.43. The van der Waals surface area contributed by atoms with Crippen LogP contribution in [0.4, 0.5) is 0 Å². The number of aromatic nitrogens is 4. The predicted octanol–water partition coefficient (Wildman–Crippen LogP) is 0.710. The van der Waals surface area contributed by atoms with Crippen molar-refractivity contribution in [3.05, 3.63) is 23.9 Å². The Balaban J connectivity index is 1.60. The molecule has 2 N–H and O–H groups in total. The highest BCUT2D eigenvalue weighted by atomic mass is 15.3. The summed E-state index contributed by atoms with van der Waals surface area (Å²) in [6.45, 7) is 1.88. The Bertz CT molecular complexity index is 606. The van der Waals surface area contributed by atoms with Gasteiger partial charge in [0.2, 0.25) is 0 Å². The molecule has 4 rings (SSSR count). The van der Waals surface area contributed by atoms with Crippen molar-refractivity contribution in [3.63, 3.8) is 0 Å². The Morgan fingerprint density at radius 2 is 2.21 bits per heavy atom. The number of fused-ring (bicyclic) bond motifs is 3. The summed E-state index contributed by atoms with van der Waals surface area (Å²) >= 11 is 0. The Morgan fingerprint density at radius 1 is 1.26 bits per heavy atom. The fourth-order valence-electron chi connectivity index (χ4n) is 3.43. The van der Waals surface area contributed by atoms with Crippen LogP contribution < -0.4 is 5.73 Å². The topological polar surface area (TPSA) is 72.3 Å². The molecule has 6 nitrogen and oxygen atoms in total. The maximum absolute atomic E-state index is 6.10.